The van der Waals surface area contributed by atoms with Gasteiger partial charge in [-0.3, -0.25) is 4.79 Å². The highest BCUT2D eigenvalue weighted by molar-refractivity contribution is 5.91. The number of nitrogens with two attached hydrogens (primary N) is 2. The molecule has 104 valence electrons. The van der Waals surface area contributed by atoms with E-state index in [0.29, 0.717) is 18.0 Å². The van der Waals surface area contributed by atoms with E-state index >= 15 is 0 Å². The minimum atomic E-state index is -0.636. The van der Waals surface area contributed by atoms with Crippen molar-refractivity contribution >= 4 is 11.6 Å². The number of aromatic nitrogens is 1. The summed E-state index contributed by atoms with van der Waals surface area (Å²) < 4.78 is 10.6. The van der Waals surface area contributed by atoms with Crippen LogP contribution in [-0.2, 0) is 11.3 Å². The van der Waals surface area contributed by atoms with Crippen LogP contribution in [0.5, 0.6) is 11.6 Å². The molecule has 0 atom stereocenters. The first kappa shape index (κ1) is 13.8. The Morgan fingerprint density at radius 2 is 2.10 bits per heavy atom. The van der Waals surface area contributed by atoms with Gasteiger partial charge in [0, 0.05) is 7.11 Å². The molecule has 20 heavy (non-hydrogen) atoms. The predicted molar refractivity (Wildman–Crippen MR) is 74.4 cm³/mol. The fourth-order valence-corrected chi connectivity index (χ4v) is 1.65. The number of carbonyl (C=O) groups excluding carboxylic acids is 1. The molecule has 2 rings (SSSR count). The van der Waals surface area contributed by atoms with Gasteiger partial charge in [0.15, 0.2) is 0 Å². The Bertz CT molecular complexity index is 629. The van der Waals surface area contributed by atoms with Crippen LogP contribution in [0.4, 0.5) is 5.69 Å². The lowest BCUT2D eigenvalue weighted by Crippen LogP contribution is -2.13. The second-order valence-electron chi connectivity index (χ2n) is 4.14. The van der Waals surface area contributed by atoms with Crippen molar-refractivity contribution in [3.8, 4) is 11.6 Å². The van der Waals surface area contributed by atoms with Crippen molar-refractivity contribution in [3.63, 3.8) is 0 Å². The van der Waals surface area contributed by atoms with Gasteiger partial charge in [-0.25, -0.2) is 4.98 Å². The fourth-order valence-electron chi connectivity index (χ4n) is 1.65. The number of pyridine rings is 1. The maximum Gasteiger partial charge on any atom is 0.267 e. The Morgan fingerprint density at radius 3 is 2.80 bits per heavy atom. The minimum Gasteiger partial charge on any atom is -0.437 e. The van der Waals surface area contributed by atoms with Crippen molar-refractivity contribution in [3.05, 3.63) is 47.7 Å². The monoisotopic (exact) mass is 273 g/mol. The van der Waals surface area contributed by atoms with Gasteiger partial charge >= 0.3 is 0 Å². The van der Waals surface area contributed by atoms with Crippen LogP contribution in [-0.4, -0.2) is 18.0 Å². The highest BCUT2D eigenvalue weighted by Crippen LogP contribution is 2.26. The molecule has 1 amide bonds. The highest BCUT2D eigenvalue weighted by atomic mass is 16.5. The van der Waals surface area contributed by atoms with Gasteiger partial charge in [0.05, 0.1) is 12.3 Å². The summed E-state index contributed by atoms with van der Waals surface area (Å²) in [5, 5.41) is 0. The molecule has 0 saturated heterocycles. The summed E-state index contributed by atoms with van der Waals surface area (Å²) in [5.41, 5.74) is 12.3. The number of amides is 1. The first-order valence-electron chi connectivity index (χ1n) is 5.92. The zero-order valence-corrected chi connectivity index (χ0v) is 11.0. The molecule has 0 unspecified atom stereocenters. The normalized spacial score (nSPS) is 10.2. The lowest BCUT2D eigenvalue weighted by Gasteiger charge is -2.09. The molecule has 0 aliphatic heterocycles. The zero-order chi connectivity index (χ0) is 14.5. The molecule has 0 spiro atoms. The SMILES string of the molecule is COCc1cccc(Oc2nc(C(N)=O)ccc2N)c1. The van der Waals surface area contributed by atoms with Gasteiger partial charge in [-0.15, -0.1) is 0 Å². The molecular weight excluding hydrogens is 258 g/mol. The van der Waals surface area contributed by atoms with Crippen molar-refractivity contribution in [1.29, 1.82) is 0 Å². The van der Waals surface area contributed by atoms with Crippen LogP contribution in [0.25, 0.3) is 0 Å². The van der Waals surface area contributed by atoms with Crippen LogP contribution in [0.15, 0.2) is 36.4 Å². The van der Waals surface area contributed by atoms with E-state index in [0.717, 1.165) is 5.56 Å². The van der Waals surface area contributed by atoms with Crippen LogP contribution >= 0.6 is 0 Å². The van der Waals surface area contributed by atoms with Gasteiger partial charge in [0.25, 0.3) is 5.91 Å². The molecule has 4 N–H and O–H groups in total. The summed E-state index contributed by atoms with van der Waals surface area (Å²) in [4.78, 5) is 15.1. The Labute approximate surface area is 116 Å². The predicted octanol–water partition coefficient (Wildman–Crippen LogP) is 1.70. The van der Waals surface area contributed by atoms with E-state index in [1.807, 2.05) is 18.2 Å². The summed E-state index contributed by atoms with van der Waals surface area (Å²) in [6.07, 6.45) is 0. The number of hydrogen-bond acceptors (Lipinski definition) is 5. The molecule has 0 aliphatic rings. The highest BCUT2D eigenvalue weighted by Gasteiger charge is 2.09. The molecule has 0 fully saturated rings. The van der Waals surface area contributed by atoms with Crippen LogP contribution in [0.3, 0.4) is 0 Å². The zero-order valence-electron chi connectivity index (χ0n) is 11.0. The van der Waals surface area contributed by atoms with E-state index in [-0.39, 0.29) is 11.6 Å². The number of methoxy groups -OCH3 is 1. The molecular formula is C14H15N3O3. The number of primary amides is 1. The molecule has 2 aromatic rings. The Morgan fingerprint density at radius 1 is 1.30 bits per heavy atom. The smallest absolute Gasteiger partial charge is 0.267 e. The number of rotatable bonds is 5. The lowest BCUT2D eigenvalue weighted by atomic mass is 10.2. The fraction of sp³-hybridized carbons (Fsp3) is 0.143. The average Bonchev–Trinajstić information content (AvgIpc) is 2.42. The number of ether oxygens (including phenoxy) is 2. The van der Waals surface area contributed by atoms with Crippen LogP contribution in [0.2, 0.25) is 0 Å². The lowest BCUT2D eigenvalue weighted by molar-refractivity contribution is 0.0995. The maximum absolute atomic E-state index is 11.1. The van der Waals surface area contributed by atoms with Gasteiger partial charge in [0.2, 0.25) is 5.88 Å². The number of carbonyl (C=O) groups is 1. The van der Waals surface area contributed by atoms with Crippen molar-refractivity contribution in [2.75, 3.05) is 12.8 Å². The van der Waals surface area contributed by atoms with E-state index in [9.17, 15) is 4.79 Å². The van der Waals surface area contributed by atoms with E-state index < -0.39 is 5.91 Å². The third-order valence-electron chi connectivity index (χ3n) is 2.57. The molecule has 0 bridgehead atoms. The van der Waals surface area contributed by atoms with Crippen molar-refractivity contribution in [1.82, 2.24) is 4.98 Å². The maximum atomic E-state index is 11.1. The number of nitrogen functional groups attached to an aromatic ring is 1. The molecule has 0 saturated carbocycles. The van der Waals surface area contributed by atoms with E-state index in [2.05, 4.69) is 4.98 Å². The molecule has 0 aliphatic carbocycles. The topological polar surface area (TPSA) is 100 Å². The summed E-state index contributed by atoms with van der Waals surface area (Å²) in [6.45, 7) is 0.474. The molecule has 6 heteroatoms. The van der Waals surface area contributed by atoms with Gasteiger partial charge in [-0.2, -0.15) is 0 Å². The minimum absolute atomic E-state index is 0.0993. The van der Waals surface area contributed by atoms with Crippen molar-refractivity contribution in [2.24, 2.45) is 5.73 Å². The van der Waals surface area contributed by atoms with Crippen LogP contribution < -0.4 is 16.2 Å². The van der Waals surface area contributed by atoms with Gasteiger partial charge in [-0.1, -0.05) is 12.1 Å². The number of benzene rings is 1. The third kappa shape index (κ3) is 3.24. The molecule has 1 heterocycles. The van der Waals surface area contributed by atoms with Crippen molar-refractivity contribution < 1.29 is 14.3 Å². The molecule has 1 aromatic carbocycles. The first-order chi connectivity index (χ1) is 9.60. The van der Waals surface area contributed by atoms with E-state index in [1.54, 1.807) is 13.2 Å². The van der Waals surface area contributed by atoms with Gasteiger partial charge in [0.1, 0.15) is 11.4 Å². The van der Waals surface area contributed by atoms with Crippen LogP contribution in [0, 0.1) is 0 Å². The van der Waals surface area contributed by atoms with Crippen molar-refractivity contribution in [2.45, 2.75) is 6.61 Å². The Kier molecular flexibility index (Phi) is 4.17. The summed E-state index contributed by atoms with van der Waals surface area (Å²) >= 11 is 0. The number of hydrogen-bond donors (Lipinski definition) is 2. The molecule has 0 radical (unpaired) electrons. The standard InChI is InChI=1S/C14H15N3O3/c1-19-8-9-3-2-4-10(7-9)20-14-11(15)5-6-12(17-14)13(16)18/h2-7H,8,15H2,1H3,(H2,16,18). The molecule has 1 aromatic heterocycles. The van der Waals surface area contributed by atoms with Gasteiger partial charge < -0.3 is 20.9 Å². The van der Waals surface area contributed by atoms with E-state index in [4.69, 9.17) is 20.9 Å². The van der Waals surface area contributed by atoms with Gasteiger partial charge in [-0.05, 0) is 29.8 Å². The summed E-state index contributed by atoms with van der Waals surface area (Å²) in [5.74, 6) is 0.0687. The third-order valence-corrected chi connectivity index (χ3v) is 2.57. The second-order valence-corrected chi connectivity index (χ2v) is 4.14. The number of nitrogens with zero attached hydrogens (tertiary/aromatic N) is 1. The average molecular weight is 273 g/mol. The van der Waals surface area contributed by atoms with E-state index in [1.165, 1.54) is 12.1 Å². The largest absolute Gasteiger partial charge is 0.437 e. The Balaban J connectivity index is 2.27. The summed E-state index contributed by atoms with van der Waals surface area (Å²) in [7, 11) is 1.61. The second kappa shape index (κ2) is 6.03. The number of anilines is 1. The summed E-state index contributed by atoms with van der Waals surface area (Å²) in [6, 6.07) is 10.3. The Hall–Kier alpha value is -2.60. The quantitative estimate of drug-likeness (QED) is 0.863. The molecule has 6 nitrogen and oxygen atoms in total. The first-order valence-corrected chi connectivity index (χ1v) is 5.92. The van der Waals surface area contributed by atoms with Crippen LogP contribution in [0.1, 0.15) is 16.1 Å².